The lowest BCUT2D eigenvalue weighted by Crippen LogP contribution is -2.37. The maximum absolute atomic E-state index is 12.0. The molecule has 0 aliphatic heterocycles. The van der Waals surface area contributed by atoms with Crippen LogP contribution in [0.5, 0.6) is 0 Å². The number of aryl methyl sites for hydroxylation is 1. The Balaban J connectivity index is 1.70. The predicted octanol–water partition coefficient (Wildman–Crippen LogP) is 1.97. The van der Waals surface area contributed by atoms with E-state index in [2.05, 4.69) is 15.5 Å². The van der Waals surface area contributed by atoms with Gasteiger partial charge in [0.2, 0.25) is 11.8 Å². The van der Waals surface area contributed by atoms with Crippen LogP contribution in [-0.4, -0.2) is 22.1 Å². The van der Waals surface area contributed by atoms with Crippen molar-refractivity contribution in [2.24, 2.45) is 5.73 Å². The van der Waals surface area contributed by atoms with Crippen molar-refractivity contribution >= 4 is 22.7 Å². The summed E-state index contributed by atoms with van der Waals surface area (Å²) in [6.07, 6.45) is 2.33. The van der Waals surface area contributed by atoms with Crippen molar-refractivity contribution in [2.45, 2.75) is 19.4 Å². The summed E-state index contributed by atoms with van der Waals surface area (Å²) in [4.78, 5) is 15.2. The quantitative estimate of drug-likeness (QED) is 0.682. The van der Waals surface area contributed by atoms with E-state index in [9.17, 15) is 4.79 Å². The number of hydrogen-bond acceptors (Lipinski definition) is 4. The van der Waals surface area contributed by atoms with Crippen molar-refractivity contribution in [3.05, 3.63) is 47.8 Å². The summed E-state index contributed by atoms with van der Waals surface area (Å²) in [7, 11) is 0. The number of nitrogens with one attached hydrogen (secondary N) is 2. The smallest absolute Gasteiger partial charge is 0.244 e. The summed E-state index contributed by atoms with van der Waals surface area (Å²) in [5.41, 5.74) is 8.72. The minimum Gasteiger partial charge on any atom is -0.361 e. The number of hydrogen-bond donors (Lipinski definition) is 3. The molecular formula is C15H16N4O2. The largest absolute Gasteiger partial charge is 0.361 e. The van der Waals surface area contributed by atoms with Crippen molar-refractivity contribution in [3.8, 4) is 0 Å². The van der Waals surface area contributed by atoms with Crippen molar-refractivity contribution in [1.29, 1.82) is 0 Å². The van der Waals surface area contributed by atoms with Gasteiger partial charge in [0.05, 0.1) is 11.7 Å². The van der Waals surface area contributed by atoms with Gasteiger partial charge in [-0.25, -0.2) is 0 Å². The molecule has 1 amide bonds. The van der Waals surface area contributed by atoms with Crippen LogP contribution in [0.2, 0.25) is 0 Å². The van der Waals surface area contributed by atoms with E-state index in [1.54, 1.807) is 13.0 Å². The number of nitrogens with zero attached hydrogens (tertiary/aromatic N) is 1. The van der Waals surface area contributed by atoms with E-state index >= 15 is 0 Å². The summed E-state index contributed by atoms with van der Waals surface area (Å²) in [6.45, 7) is 1.78. The number of fused-ring (bicyclic) bond motifs is 1. The minimum absolute atomic E-state index is 0.295. The average molecular weight is 284 g/mol. The van der Waals surface area contributed by atoms with Crippen LogP contribution in [0.1, 0.15) is 11.3 Å². The van der Waals surface area contributed by atoms with Crippen LogP contribution in [0.25, 0.3) is 10.9 Å². The number of anilines is 1. The number of nitrogens with two attached hydrogens (primary N) is 1. The predicted molar refractivity (Wildman–Crippen MR) is 79.8 cm³/mol. The number of benzene rings is 1. The van der Waals surface area contributed by atoms with Gasteiger partial charge in [0.25, 0.3) is 0 Å². The first-order valence-electron chi connectivity index (χ1n) is 6.68. The second kappa shape index (κ2) is 5.41. The molecule has 3 aromatic rings. The fourth-order valence-electron chi connectivity index (χ4n) is 2.27. The number of carbonyl (C=O) groups is 1. The molecule has 108 valence electrons. The van der Waals surface area contributed by atoms with Crippen molar-refractivity contribution < 1.29 is 9.32 Å². The molecule has 4 N–H and O–H groups in total. The minimum atomic E-state index is -0.658. The molecule has 0 bridgehead atoms. The Bertz CT molecular complexity index is 775. The van der Waals surface area contributed by atoms with E-state index in [4.69, 9.17) is 10.3 Å². The number of carbonyl (C=O) groups excluding carboxylic acids is 1. The van der Waals surface area contributed by atoms with Gasteiger partial charge >= 0.3 is 0 Å². The molecule has 0 aliphatic rings. The lowest BCUT2D eigenvalue weighted by Gasteiger charge is -2.09. The average Bonchev–Trinajstić information content (AvgIpc) is 3.06. The van der Waals surface area contributed by atoms with Crippen LogP contribution >= 0.6 is 0 Å². The number of rotatable bonds is 4. The van der Waals surface area contributed by atoms with E-state index in [0.717, 1.165) is 16.5 Å². The van der Waals surface area contributed by atoms with Gasteiger partial charge in [0.15, 0.2) is 0 Å². The van der Waals surface area contributed by atoms with Crippen LogP contribution in [0.3, 0.4) is 0 Å². The Morgan fingerprint density at radius 3 is 3.05 bits per heavy atom. The van der Waals surface area contributed by atoms with Crippen LogP contribution in [-0.2, 0) is 11.2 Å². The zero-order valence-electron chi connectivity index (χ0n) is 11.6. The maximum atomic E-state index is 12.0. The number of H-pyrrole nitrogens is 1. The summed E-state index contributed by atoms with van der Waals surface area (Å²) in [6, 6.07) is 8.91. The third-order valence-corrected chi connectivity index (χ3v) is 3.33. The van der Waals surface area contributed by atoms with E-state index in [0.29, 0.717) is 18.0 Å². The maximum Gasteiger partial charge on any atom is 0.244 e. The highest BCUT2D eigenvalue weighted by Gasteiger charge is 2.17. The summed E-state index contributed by atoms with van der Waals surface area (Å²) < 4.78 is 4.95. The fourth-order valence-corrected chi connectivity index (χ4v) is 2.27. The molecule has 6 nitrogen and oxygen atoms in total. The van der Waals surface area contributed by atoms with Crippen LogP contribution in [0, 0.1) is 6.92 Å². The molecule has 2 aromatic heterocycles. The Labute approximate surface area is 121 Å². The molecule has 1 atom stereocenters. The number of aromatic amines is 1. The van der Waals surface area contributed by atoms with E-state index in [-0.39, 0.29) is 5.91 Å². The first-order valence-corrected chi connectivity index (χ1v) is 6.68. The SMILES string of the molecule is Cc1cc(NC(=O)[C@@H](N)Cc2c[nH]c3ccccc23)on1. The number of para-hydroxylation sites is 1. The molecule has 3 rings (SSSR count). The standard InChI is InChI=1S/C15H16N4O2/c1-9-6-14(21-19-9)18-15(20)12(16)7-10-8-17-13-5-3-2-4-11(10)13/h2-6,8,12,17H,7,16H2,1H3,(H,18,20)/t12-/m0/s1. The molecule has 2 heterocycles. The Morgan fingerprint density at radius 2 is 2.29 bits per heavy atom. The summed E-state index contributed by atoms with van der Waals surface area (Å²) in [5, 5.41) is 7.41. The first-order chi connectivity index (χ1) is 10.1. The summed E-state index contributed by atoms with van der Waals surface area (Å²) in [5.74, 6) is 0.0170. The molecule has 0 radical (unpaired) electrons. The van der Waals surface area contributed by atoms with Crippen LogP contribution < -0.4 is 11.1 Å². The first kappa shape index (κ1) is 13.4. The molecule has 0 saturated carbocycles. The molecule has 0 aliphatic carbocycles. The topological polar surface area (TPSA) is 96.9 Å². The van der Waals surface area contributed by atoms with Crippen molar-refractivity contribution in [2.75, 3.05) is 5.32 Å². The fraction of sp³-hybridized carbons (Fsp3) is 0.200. The molecule has 21 heavy (non-hydrogen) atoms. The molecule has 0 saturated heterocycles. The van der Waals surface area contributed by atoms with Gasteiger partial charge in [-0.05, 0) is 25.0 Å². The second-order valence-corrected chi connectivity index (χ2v) is 4.99. The summed E-state index contributed by atoms with van der Waals surface area (Å²) >= 11 is 0. The number of amides is 1. The normalized spacial score (nSPS) is 12.5. The lowest BCUT2D eigenvalue weighted by atomic mass is 10.1. The Hall–Kier alpha value is -2.60. The van der Waals surface area contributed by atoms with Gasteiger partial charge in [-0.15, -0.1) is 0 Å². The van der Waals surface area contributed by atoms with Gasteiger partial charge in [0, 0.05) is 23.2 Å². The zero-order valence-corrected chi connectivity index (χ0v) is 11.6. The van der Waals surface area contributed by atoms with E-state index in [1.165, 1.54) is 0 Å². The van der Waals surface area contributed by atoms with Gasteiger partial charge < -0.3 is 15.2 Å². The number of aromatic nitrogens is 2. The zero-order chi connectivity index (χ0) is 14.8. The highest BCUT2D eigenvalue weighted by atomic mass is 16.5. The van der Waals surface area contributed by atoms with Gasteiger partial charge in [0.1, 0.15) is 0 Å². The lowest BCUT2D eigenvalue weighted by molar-refractivity contribution is -0.117. The van der Waals surface area contributed by atoms with Gasteiger partial charge in [-0.3, -0.25) is 10.1 Å². The molecular weight excluding hydrogens is 268 g/mol. The van der Waals surface area contributed by atoms with E-state index < -0.39 is 6.04 Å². The third kappa shape index (κ3) is 2.80. The molecule has 0 spiro atoms. The van der Waals surface area contributed by atoms with Crippen LogP contribution in [0.15, 0.2) is 41.1 Å². The second-order valence-electron chi connectivity index (χ2n) is 4.99. The molecule has 6 heteroatoms. The van der Waals surface area contributed by atoms with Gasteiger partial charge in [-0.2, -0.15) is 0 Å². The Morgan fingerprint density at radius 1 is 1.48 bits per heavy atom. The van der Waals surface area contributed by atoms with E-state index in [1.807, 2.05) is 30.5 Å². The third-order valence-electron chi connectivity index (χ3n) is 3.33. The highest BCUT2D eigenvalue weighted by Crippen LogP contribution is 2.19. The molecule has 0 fully saturated rings. The monoisotopic (exact) mass is 284 g/mol. The molecule has 1 aromatic carbocycles. The van der Waals surface area contributed by atoms with Crippen molar-refractivity contribution in [3.63, 3.8) is 0 Å². The molecule has 0 unspecified atom stereocenters. The Kier molecular flexibility index (Phi) is 3.45. The van der Waals surface area contributed by atoms with Gasteiger partial charge in [-0.1, -0.05) is 23.4 Å². The van der Waals surface area contributed by atoms with Crippen LogP contribution in [0.4, 0.5) is 5.88 Å². The van der Waals surface area contributed by atoms with Crippen molar-refractivity contribution in [1.82, 2.24) is 10.1 Å². The highest BCUT2D eigenvalue weighted by molar-refractivity contribution is 5.94.